The lowest BCUT2D eigenvalue weighted by molar-refractivity contribution is 0.626. The van der Waals surface area contributed by atoms with Crippen molar-refractivity contribution in [1.29, 1.82) is 0 Å². The fourth-order valence-electron chi connectivity index (χ4n) is 2.25. The Bertz CT molecular complexity index is 859. The Morgan fingerprint density at radius 2 is 1.68 bits per heavy atom. The van der Waals surface area contributed by atoms with Crippen molar-refractivity contribution in [1.82, 2.24) is 15.0 Å². The van der Waals surface area contributed by atoms with Crippen LogP contribution in [-0.2, 0) is 0 Å². The van der Waals surface area contributed by atoms with Gasteiger partial charge in [0.25, 0.3) is 0 Å². The Labute approximate surface area is 161 Å². The molecule has 5 nitrogen and oxygen atoms in total. The van der Waals surface area contributed by atoms with E-state index in [-0.39, 0.29) is 5.54 Å². The molecule has 0 atom stereocenters. The van der Waals surface area contributed by atoms with Crippen molar-refractivity contribution in [3.8, 4) is 11.4 Å². The SMILES string of the molecule is CC(C)(C)Nc1nc(Nc2ccccc2I)cc(-c2ccccn2)n1. The van der Waals surface area contributed by atoms with Gasteiger partial charge in [0.2, 0.25) is 5.95 Å². The van der Waals surface area contributed by atoms with Crippen molar-refractivity contribution in [2.45, 2.75) is 26.3 Å². The highest BCUT2D eigenvalue weighted by Crippen LogP contribution is 2.25. The van der Waals surface area contributed by atoms with E-state index in [1.165, 1.54) is 0 Å². The third-order valence-electron chi connectivity index (χ3n) is 3.28. The fraction of sp³-hybridized carbons (Fsp3) is 0.211. The van der Waals surface area contributed by atoms with E-state index in [0.717, 1.165) is 26.5 Å². The third kappa shape index (κ3) is 4.88. The zero-order valence-electron chi connectivity index (χ0n) is 14.4. The van der Waals surface area contributed by atoms with E-state index in [4.69, 9.17) is 0 Å². The summed E-state index contributed by atoms with van der Waals surface area (Å²) in [4.78, 5) is 13.6. The Balaban J connectivity index is 2.02. The molecule has 0 bridgehead atoms. The average Bonchev–Trinajstić information content (AvgIpc) is 2.56. The number of aromatic nitrogens is 3. The molecule has 0 saturated heterocycles. The lowest BCUT2D eigenvalue weighted by atomic mass is 10.1. The molecule has 3 rings (SSSR count). The molecular formula is C19H20IN5. The van der Waals surface area contributed by atoms with E-state index in [9.17, 15) is 0 Å². The molecule has 1 aromatic carbocycles. The van der Waals surface area contributed by atoms with Gasteiger partial charge in [-0.25, -0.2) is 4.98 Å². The van der Waals surface area contributed by atoms with Crippen molar-refractivity contribution in [2.24, 2.45) is 0 Å². The predicted octanol–water partition coefficient (Wildman–Crippen LogP) is 5.10. The summed E-state index contributed by atoms with van der Waals surface area (Å²) in [5.41, 5.74) is 2.46. The number of hydrogen-bond acceptors (Lipinski definition) is 5. The van der Waals surface area contributed by atoms with Gasteiger partial charge in [-0.1, -0.05) is 18.2 Å². The van der Waals surface area contributed by atoms with Crippen LogP contribution in [-0.4, -0.2) is 20.5 Å². The molecule has 0 amide bonds. The van der Waals surface area contributed by atoms with E-state index >= 15 is 0 Å². The average molecular weight is 445 g/mol. The van der Waals surface area contributed by atoms with Crippen molar-refractivity contribution in [3.05, 3.63) is 58.3 Å². The topological polar surface area (TPSA) is 62.7 Å². The zero-order valence-corrected chi connectivity index (χ0v) is 16.6. The van der Waals surface area contributed by atoms with Gasteiger partial charge in [-0.05, 0) is 67.6 Å². The predicted molar refractivity (Wildman–Crippen MR) is 111 cm³/mol. The first-order valence-corrected chi connectivity index (χ1v) is 9.09. The second-order valence-corrected chi connectivity index (χ2v) is 7.82. The van der Waals surface area contributed by atoms with Crippen molar-refractivity contribution < 1.29 is 0 Å². The maximum atomic E-state index is 4.63. The second-order valence-electron chi connectivity index (χ2n) is 6.66. The van der Waals surface area contributed by atoms with Crippen LogP contribution < -0.4 is 10.6 Å². The van der Waals surface area contributed by atoms with Crippen LogP contribution >= 0.6 is 22.6 Å². The largest absolute Gasteiger partial charge is 0.350 e. The summed E-state index contributed by atoms with van der Waals surface area (Å²) in [6.07, 6.45) is 1.77. The maximum absolute atomic E-state index is 4.63. The van der Waals surface area contributed by atoms with E-state index < -0.39 is 0 Å². The number of nitrogens with one attached hydrogen (secondary N) is 2. The molecule has 0 aliphatic carbocycles. The van der Waals surface area contributed by atoms with Gasteiger partial charge in [0.1, 0.15) is 5.82 Å². The summed E-state index contributed by atoms with van der Waals surface area (Å²) >= 11 is 2.30. The number of halogens is 1. The molecule has 0 aliphatic heterocycles. The van der Waals surface area contributed by atoms with E-state index in [1.54, 1.807) is 6.20 Å². The number of rotatable bonds is 4. The van der Waals surface area contributed by atoms with Crippen LogP contribution in [0.3, 0.4) is 0 Å². The Kier molecular flexibility index (Phi) is 5.17. The minimum atomic E-state index is -0.138. The first kappa shape index (κ1) is 17.6. The first-order chi connectivity index (χ1) is 11.9. The first-order valence-electron chi connectivity index (χ1n) is 8.01. The Hall–Kier alpha value is -2.22. The molecule has 0 radical (unpaired) electrons. The molecule has 0 aliphatic rings. The smallest absolute Gasteiger partial charge is 0.225 e. The molecular weight excluding hydrogens is 425 g/mol. The van der Waals surface area contributed by atoms with Gasteiger partial charge in [-0.3, -0.25) is 4.98 Å². The van der Waals surface area contributed by atoms with Crippen molar-refractivity contribution in [2.75, 3.05) is 10.6 Å². The number of nitrogens with zero attached hydrogens (tertiary/aromatic N) is 3. The van der Waals surface area contributed by atoms with Crippen molar-refractivity contribution in [3.63, 3.8) is 0 Å². The van der Waals surface area contributed by atoms with Crippen LogP contribution in [0.1, 0.15) is 20.8 Å². The minimum absolute atomic E-state index is 0.138. The molecule has 6 heteroatoms. The molecule has 0 fully saturated rings. The summed E-state index contributed by atoms with van der Waals surface area (Å²) in [6.45, 7) is 6.24. The number of hydrogen-bond donors (Lipinski definition) is 2. The van der Waals surface area contributed by atoms with E-state index in [2.05, 4.69) is 75.0 Å². The lowest BCUT2D eigenvalue weighted by Gasteiger charge is -2.21. The summed E-state index contributed by atoms with van der Waals surface area (Å²) in [6, 6.07) is 15.8. The zero-order chi connectivity index (χ0) is 17.9. The summed E-state index contributed by atoms with van der Waals surface area (Å²) in [5.74, 6) is 1.30. The van der Waals surface area contributed by atoms with Gasteiger partial charge >= 0.3 is 0 Å². The van der Waals surface area contributed by atoms with Gasteiger partial charge in [-0.15, -0.1) is 0 Å². The molecule has 2 heterocycles. The fourth-order valence-corrected chi connectivity index (χ4v) is 2.77. The monoisotopic (exact) mass is 445 g/mol. The highest BCUT2D eigenvalue weighted by atomic mass is 127. The number of para-hydroxylation sites is 1. The quantitative estimate of drug-likeness (QED) is 0.548. The highest BCUT2D eigenvalue weighted by Gasteiger charge is 2.14. The van der Waals surface area contributed by atoms with E-state index in [0.29, 0.717) is 5.95 Å². The third-order valence-corrected chi connectivity index (χ3v) is 4.22. The second kappa shape index (κ2) is 7.35. The minimum Gasteiger partial charge on any atom is -0.350 e. The molecule has 2 N–H and O–H groups in total. The van der Waals surface area contributed by atoms with Crippen molar-refractivity contribution >= 4 is 40.0 Å². The van der Waals surface area contributed by atoms with Crippen LogP contribution in [0, 0.1) is 3.57 Å². The van der Waals surface area contributed by atoms with Crippen LogP contribution in [0.4, 0.5) is 17.5 Å². The number of anilines is 3. The summed E-state index contributed by atoms with van der Waals surface area (Å²) in [7, 11) is 0. The number of benzene rings is 1. The Morgan fingerprint density at radius 3 is 2.36 bits per heavy atom. The van der Waals surface area contributed by atoms with Crippen LogP contribution in [0.25, 0.3) is 11.4 Å². The van der Waals surface area contributed by atoms with E-state index in [1.807, 2.05) is 42.5 Å². The lowest BCUT2D eigenvalue weighted by Crippen LogP contribution is -2.27. The van der Waals surface area contributed by atoms with Gasteiger partial charge in [0.05, 0.1) is 17.1 Å². The standard InChI is InChI=1S/C19H20IN5/c1-19(2,3)25-18-23-16(15-10-6-7-11-21-15)12-17(24-18)22-14-9-5-4-8-13(14)20/h4-12H,1-3H3,(H2,22,23,24,25). The molecule has 128 valence electrons. The van der Waals surface area contributed by atoms with Crippen LogP contribution in [0.5, 0.6) is 0 Å². The molecule has 2 aromatic heterocycles. The van der Waals surface area contributed by atoms with Gasteiger partial charge in [0, 0.05) is 21.4 Å². The molecule has 0 unspecified atom stereocenters. The summed E-state index contributed by atoms with van der Waals surface area (Å²) < 4.78 is 1.13. The highest BCUT2D eigenvalue weighted by molar-refractivity contribution is 14.1. The Morgan fingerprint density at radius 1 is 0.920 bits per heavy atom. The van der Waals surface area contributed by atoms with Crippen LogP contribution in [0.2, 0.25) is 0 Å². The molecule has 0 saturated carbocycles. The van der Waals surface area contributed by atoms with Gasteiger partial charge in [0.15, 0.2) is 0 Å². The molecule has 0 spiro atoms. The normalized spacial score (nSPS) is 11.2. The van der Waals surface area contributed by atoms with Gasteiger partial charge < -0.3 is 10.6 Å². The molecule has 25 heavy (non-hydrogen) atoms. The molecule has 3 aromatic rings. The maximum Gasteiger partial charge on any atom is 0.225 e. The number of pyridine rings is 1. The van der Waals surface area contributed by atoms with Crippen LogP contribution in [0.15, 0.2) is 54.7 Å². The van der Waals surface area contributed by atoms with Gasteiger partial charge in [-0.2, -0.15) is 4.98 Å². The summed E-state index contributed by atoms with van der Waals surface area (Å²) in [5, 5.41) is 6.72.